The van der Waals surface area contributed by atoms with Gasteiger partial charge in [0, 0.05) is 7.26 Å². The fraction of sp³-hybridized carbons (Fsp3) is 1.00. The van der Waals surface area contributed by atoms with E-state index in [2.05, 4.69) is 39.8 Å². The normalized spacial score (nSPS) is 11.7. The van der Waals surface area contributed by atoms with E-state index in [1.54, 1.807) is 18.5 Å². The maximum Gasteiger partial charge on any atom is 0.111 e. The molecule has 0 spiro atoms. The van der Waals surface area contributed by atoms with Gasteiger partial charge in [-0.05, 0) is 33.4 Å². The lowest BCUT2D eigenvalue weighted by Crippen LogP contribution is -3.00. The standard InChI is InChI=1S/C15H35NP.BrH/c1-6-9-12-17(13-10-7-2,14-11-8-3)15-16(4)5;/h6-15H2,1-5H3;1H/q+1;/p-1. The summed E-state index contributed by atoms with van der Waals surface area (Å²) in [5.74, 6) is 0. The molecule has 0 N–H and O–H groups in total. The fourth-order valence-electron chi connectivity index (χ4n) is 2.63. The van der Waals surface area contributed by atoms with E-state index in [0.717, 1.165) is 0 Å². The van der Waals surface area contributed by atoms with Gasteiger partial charge in [-0.25, -0.2) is 0 Å². The van der Waals surface area contributed by atoms with Crippen LogP contribution in [0.2, 0.25) is 0 Å². The van der Waals surface area contributed by atoms with Crippen molar-refractivity contribution >= 4 is 7.26 Å². The molecule has 0 bridgehead atoms. The minimum absolute atomic E-state index is 0. The highest BCUT2D eigenvalue weighted by Crippen LogP contribution is 2.60. The van der Waals surface area contributed by atoms with Crippen molar-refractivity contribution in [1.82, 2.24) is 4.90 Å². The predicted molar refractivity (Wildman–Crippen MR) is 84.8 cm³/mol. The first kappa shape index (κ1) is 21.2. The van der Waals surface area contributed by atoms with E-state index >= 15 is 0 Å². The third-order valence-corrected chi connectivity index (χ3v) is 8.50. The molecule has 0 unspecified atom stereocenters. The Bertz CT molecular complexity index is 152. The van der Waals surface area contributed by atoms with Crippen LogP contribution in [0.3, 0.4) is 0 Å². The molecule has 0 saturated carbocycles. The van der Waals surface area contributed by atoms with Gasteiger partial charge in [0.25, 0.3) is 0 Å². The number of halogens is 1. The van der Waals surface area contributed by atoms with Crippen LogP contribution in [0.5, 0.6) is 0 Å². The first-order chi connectivity index (χ1) is 8.10. The summed E-state index contributed by atoms with van der Waals surface area (Å²) in [7, 11) is 3.85. The van der Waals surface area contributed by atoms with Crippen LogP contribution < -0.4 is 17.0 Å². The van der Waals surface area contributed by atoms with E-state index < -0.39 is 7.26 Å². The Hall–Kier alpha value is 0.870. The molecule has 3 heteroatoms. The average molecular weight is 340 g/mol. The summed E-state index contributed by atoms with van der Waals surface area (Å²) in [6, 6.07) is 0. The molecule has 0 radical (unpaired) electrons. The highest BCUT2D eigenvalue weighted by molar-refractivity contribution is 7.75. The second-order valence-electron chi connectivity index (χ2n) is 5.79. The molecule has 112 valence electrons. The largest absolute Gasteiger partial charge is 1.00 e. The lowest BCUT2D eigenvalue weighted by Gasteiger charge is -2.30. The summed E-state index contributed by atoms with van der Waals surface area (Å²) < 4.78 is 0. The van der Waals surface area contributed by atoms with E-state index in [1.165, 1.54) is 44.8 Å². The second-order valence-corrected chi connectivity index (χ2v) is 10.1. The second kappa shape index (κ2) is 12.9. The third-order valence-electron chi connectivity index (χ3n) is 3.54. The molecule has 0 heterocycles. The molecule has 0 saturated heterocycles. The number of hydrogen-bond donors (Lipinski definition) is 0. The molecular weight excluding hydrogens is 305 g/mol. The molecule has 0 amide bonds. The molecular formula is C15H35BrNP. The zero-order valence-electron chi connectivity index (χ0n) is 13.3. The zero-order chi connectivity index (χ0) is 13.1. The van der Waals surface area contributed by atoms with E-state index in [0.29, 0.717) is 0 Å². The van der Waals surface area contributed by atoms with Crippen LogP contribution in [0.25, 0.3) is 0 Å². The van der Waals surface area contributed by atoms with Crippen LogP contribution in [0.15, 0.2) is 0 Å². The maximum absolute atomic E-state index is 2.45. The fourth-order valence-corrected chi connectivity index (χ4v) is 7.88. The van der Waals surface area contributed by atoms with Crippen LogP contribution in [-0.2, 0) is 0 Å². The summed E-state index contributed by atoms with van der Waals surface area (Å²) in [6.45, 7) is 7.01. The lowest BCUT2D eigenvalue weighted by atomic mass is 10.4. The quantitative estimate of drug-likeness (QED) is 0.520. The van der Waals surface area contributed by atoms with Gasteiger partial charge >= 0.3 is 0 Å². The van der Waals surface area contributed by atoms with Gasteiger partial charge in [-0.15, -0.1) is 0 Å². The monoisotopic (exact) mass is 339 g/mol. The van der Waals surface area contributed by atoms with Crippen LogP contribution in [0, 0.1) is 0 Å². The summed E-state index contributed by atoms with van der Waals surface area (Å²) in [5.41, 5.74) is 0. The van der Waals surface area contributed by atoms with Crippen molar-refractivity contribution in [1.29, 1.82) is 0 Å². The van der Waals surface area contributed by atoms with Gasteiger partial charge in [0.15, 0.2) is 0 Å². The van der Waals surface area contributed by atoms with Crippen LogP contribution in [0.1, 0.15) is 59.3 Å². The van der Waals surface area contributed by atoms with Gasteiger partial charge in [0.2, 0.25) is 0 Å². The van der Waals surface area contributed by atoms with Gasteiger partial charge in [-0.2, -0.15) is 0 Å². The molecule has 0 aliphatic heterocycles. The minimum atomic E-state index is -0.676. The Morgan fingerprint density at radius 1 is 0.722 bits per heavy atom. The average Bonchev–Trinajstić information content (AvgIpc) is 2.30. The molecule has 0 aliphatic rings. The Morgan fingerprint density at radius 2 is 1.06 bits per heavy atom. The van der Waals surface area contributed by atoms with E-state index in [-0.39, 0.29) is 17.0 Å². The molecule has 18 heavy (non-hydrogen) atoms. The zero-order valence-corrected chi connectivity index (χ0v) is 15.8. The highest BCUT2D eigenvalue weighted by Gasteiger charge is 2.35. The number of rotatable bonds is 11. The van der Waals surface area contributed by atoms with E-state index in [9.17, 15) is 0 Å². The molecule has 0 aromatic rings. The molecule has 0 fully saturated rings. The highest BCUT2D eigenvalue weighted by atomic mass is 79.9. The summed E-state index contributed by atoms with van der Waals surface area (Å²) in [6.07, 6.45) is 14.5. The van der Waals surface area contributed by atoms with Gasteiger partial charge in [-0.1, -0.05) is 40.0 Å². The first-order valence-corrected chi connectivity index (χ1v) is 10.1. The van der Waals surface area contributed by atoms with Crippen LogP contribution in [0.4, 0.5) is 0 Å². The van der Waals surface area contributed by atoms with Gasteiger partial charge < -0.3 is 17.0 Å². The summed E-state index contributed by atoms with van der Waals surface area (Å²) in [4.78, 5) is 2.45. The maximum atomic E-state index is 2.45. The van der Waals surface area contributed by atoms with Crippen molar-refractivity contribution < 1.29 is 17.0 Å². The third kappa shape index (κ3) is 9.75. The molecule has 1 nitrogen and oxygen atoms in total. The lowest BCUT2D eigenvalue weighted by molar-refractivity contribution is -0.00000412. The summed E-state index contributed by atoms with van der Waals surface area (Å²) >= 11 is 0. The van der Waals surface area contributed by atoms with Gasteiger partial charge in [0.05, 0.1) is 18.5 Å². The minimum Gasteiger partial charge on any atom is -1.00 e. The first-order valence-electron chi connectivity index (χ1n) is 7.60. The molecule has 0 aromatic heterocycles. The van der Waals surface area contributed by atoms with E-state index in [1.807, 2.05) is 0 Å². The Morgan fingerprint density at radius 3 is 1.28 bits per heavy atom. The molecule has 0 aliphatic carbocycles. The van der Waals surface area contributed by atoms with Gasteiger partial charge in [-0.3, -0.25) is 4.90 Å². The molecule has 0 aromatic carbocycles. The molecule has 0 atom stereocenters. The topological polar surface area (TPSA) is 3.24 Å². The number of hydrogen-bond acceptors (Lipinski definition) is 1. The Labute approximate surface area is 127 Å². The Kier molecular flexibility index (Phi) is 15.2. The van der Waals surface area contributed by atoms with Crippen molar-refractivity contribution in [2.75, 3.05) is 38.9 Å². The smallest absolute Gasteiger partial charge is 0.111 e. The van der Waals surface area contributed by atoms with E-state index in [4.69, 9.17) is 0 Å². The van der Waals surface area contributed by atoms with Crippen molar-refractivity contribution in [2.45, 2.75) is 59.3 Å². The van der Waals surface area contributed by atoms with Crippen molar-refractivity contribution in [3.63, 3.8) is 0 Å². The molecule has 0 rings (SSSR count). The predicted octanol–water partition coefficient (Wildman–Crippen LogP) is 1.93. The van der Waals surface area contributed by atoms with Crippen molar-refractivity contribution in [2.24, 2.45) is 0 Å². The SMILES string of the molecule is CCCC[P+](CCCC)(CCCC)CN(C)C.[Br-]. The van der Waals surface area contributed by atoms with Gasteiger partial charge in [0.1, 0.15) is 6.29 Å². The van der Waals surface area contributed by atoms with Crippen molar-refractivity contribution in [3.05, 3.63) is 0 Å². The number of unbranched alkanes of at least 4 members (excludes halogenated alkanes) is 3. The van der Waals surface area contributed by atoms with Crippen molar-refractivity contribution in [3.8, 4) is 0 Å². The van der Waals surface area contributed by atoms with Crippen LogP contribution in [-0.4, -0.2) is 43.8 Å². The summed E-state index contributed by atoms with van der Waals surface area (Å²) in [5, 5.41) is 0. The Balaban J connectivity index is 0. The van der Waals surface area contributed by atoms with Crippen LogP contribution >= 0.6 is 7.26 Å². The number of nitrogens with zero attached hydrogens (tertiary/aromatic N) is 1.